The predicted octanol–water partition coefficient (Wildman–Crippen LogP) is 4.28. The normalized spacial score (nSPS) is 10.6. The summed E-state index contributed by atoms with van der Waals surface area (Å²) in [4.78, 5) is 0. The standard InChI is InChI=1S/C15H15/c1-12(2)13-8-10-15(11-9-13)14-6-4-3-5-7-14/h3-6,8-12H,1-2H3. The van der Waals surface area contributed by atoms with Crippen molar-refractivity contribution >= 4 is 0 Å². The zero-order valence-corrected chi connectivity index (χ0v) is 9.20. The van der Waals surface area contributed by atoms with Crippen molar-refractivity contribution in [1.82, 2.24) is 0 Å². The van der Waals surface area contributed by atoms with Crippen LogP contribution in [0.4, 0.5) is 0 Å². The molecule has 0 aliphatic rings. The molecule has 0 nitrogen and oxygen atoms in total. The van der Waals surface area contributed by atoms with Gasteiger partial charge in [0.15, 0.2) is 0 Å². The summed E-state index contributed by atoms with van der Waals surface area (Å²) in [7, 11) is 0. The second kappa shape index (κ2) is 4.31. The van der Waals surface area contributed by atoms with Crippen LogP contribution in [-0.4, -0.2) is 0 Å². The molecule has 15 heavy (non-hydrogen) atoms. The molecule has 75 valence electrons. The fourth-order valence-electron chi connectivity index (χ4n) is 1.62. The summed E-state index contributed by atoms with van der Waals surface area (Å²) in [6, 6.07) is 20.0. The average molecular weight is 195 g/mol. The third kappa shape index (κ3) is 2.27. The van der Waals surface area contributed by atoms with Crippen molar-refractivity contribution in [3.63, 3.8) is 0 Å². The summed E-state index contributed by atoms with van der Waals surface area (Å²) in [5.41, 5.74) is 3.78. The van der Waals surface area contributed by atoms with Crippen molar-refractivity contribution in [3.05, 3.63) is 60.2 Å². The van der Waals surface area contributed by atoms with Crippen LogP contribution in [0.3, 0.4) is 0 Å². The van der Waals surface area contributed by atoms with Crippen molar-refractivity contribution < 1.29 is 0 Å². The minimum Gasteiger partial charge on any atom is -0.0616 e. The quantitative estimate of drug-likeness (QED) is 0.671. The van der Waals surface area contributed by atoms with Crippen molar-refractivity contribution in [3.8, 4) is 11.1 Å². The first-order chi connectivity index (χ1) is 7.27. The van der Waals surface area contributed by atoms with Crippen LogP contribution in [0.15, 0.2) is 48.5 Å². The molecule has 0 aliphatic heterocycles. The molecule has 2 rings (SSSR count). The Hall–Kier alpha value is -1.56. The molecule has 0 N–H and O–H groups in total. The van der Waals surface area contributed by atoms with Gasteiger partial charge in [0.2, 0.25) is 0 Å². The van der Waals surface area contributed by atoms with E-state index in [-0.39, 0.29) is 0 Å². The Morgan fingerprint density at radius 3 is 2.20 bits per heavy atom. The molecule has 0 amide bonds. The highest BCUT2D eigenvalue weighted by atomic mass is 14.0. The van der Waals surface area contributed by atoms with Crippen molar-refractivity contribution in [2.45, 2.75) is 19.8 Å². The molecular weight excluding hydrogens is 180 g/mol. The van der Waals surface area contributed by atoms with Gasteiger partial charge < -0.3 is 0 Å². The predicted molar refractivity (Wildman–Crippen MR) is 64.8 cm³/mol. The van der Waals surface area contributed by atoms with Gasteiger partial charge in [0.25, 0.3) is 0 Å². The van der Waals surface area contributed by atoms with Gasteiger partial charge in [0.1, 0.15) is 0 Å². The van der Waals surface area contributed by atoms with E-state index in [9.17, 15) is 0 Å². The van der Waals surface area contributed by atoms with Crippen LogP contribution in [0.5, 0.6) is 0 Å². The number of benzene rings is 2. The number of hydrogen-bond donors (Lipinski definition) is 0. The maximum atomic E-state index is 3.23. The summed E-state index contributed by atoms with van der Waals surface area (Å²) < 4.78 is 0. The zero-order chi connectivity index (χ0) is 10.7. The van der Waals surface area contributed by atoms with Crippen LogP contribution in [0, 0.1) is 6.07 Å². The molecule has 0 saturated heterocycles. The molecule has 2 aromatic rings. The van der Waals surface area contributed by atoms with E-state index in [2.05, 4.69) is 50.2 Å². The fourth-order valence-corrected chi connectivity index (χ4v) is 1.62. The molecule has 2 aromatic carbocycles. The van der Waals surface area contributed by atoms with Crippen LogP contribution < -0.4 is 0 Å². The second-order valence-corrected chi connectivity index (χ2v) is 4.05. The average Bonchev–Trinajstić information content (AvgIpc) is 2.30. The highest BCUT2D eigenvalue weighted by Crippen LogP contribution is 2.21. The first-order valence-corrected chi connectivity index (χ1v) is 5.34. The van der Waals surface area contributed by atoms with E-state index in [0.717, 1.165) is 5.56 Å². The second-order valence-electron chi connectivity index (χ2n) is 4.05. The van der Waals surface area contributed by atoms with Crippen LogP contribution in [-0.2, 0) is 0 Å². The van der Waals surface area contributed by atoms with E-state index in [0.29, 0.717) is 5.92 Å². The summed E-state index contributed by atoms with van der Waals surface area (Å²) in [5.74, 6) is 0.596. The minimum atomic E-state index is 0.596. The Balaban J connectivity index is 2.32. The molecule has 0 atom stereocenters. The molecular formula is C15H15. The van der Waals surface area contributed by atoms with Crippen molar-refractivity contribution in [2.24, 2.45) is 0 Å². The minimum absolute atomic E-state index is 0.596. The third-order valence-corrected chi connectivity index (χ3v) is 2.60. The molecule has 1 radical (unpaired) electrons. The van der Waals surface area contributed by atoms with Crippen molar-refractivity contribution in [1.29, 1.82) is 0 Å². The van der Waals surface area contributed by atoms with Gasteiger partial charge in [-0.1, -0.05) is 62.4 Å². The first-order valence-electron chi connectivity index (χ1n) is 5.34. The number of rotatable bonds is 2. The maximum Gasteiger partial charge on any atom is -0.00992 e. The largest absolute Gasteiger partial charge is 0.0616 e. The summed E-state index contributed by atoms with van der Waals surface area (Å²) in [6.07, 6.45) is 0. The van der Waals surface area contributed by atoms with Crippen molar-refractivity contribution in [2.75, 3.05) is 0 Å². The Morgan fingerprint density at radius 2 is 1.67 bits per heavy atom. The van der Waals surface area contributed by atoms with E-state index >= 15 is 0 Å². The molecule has 0 fully saturated rings. The third-order valence-electron chi connectivity index (χ3n) is 2.60. The topological polar surface area (TPSA) is 0 Å². The van der Waals surface area contributed by atoms with Gasteiger partial charge in [-0.15, -0.1) is 0 Å². The van der Waals surface area contributed by atoms with Crippen LogP contribution in [0.2, 0.25) is 0 Å². The van der Waals surface area contributed by atoms with Crippen LogP contribution in [0.1, 0.15) is 25.3 Å². The maximum absolute atomic E-state index is 3.23. The Bertz CT molecular complexity index is 410. The summed E-state index contributed by atoms with van der Waals surface area (Å²) in [5, 5.41) is 0. The molecule has 0 aromatic heterocycles. The highest BCUT2D eigenvalue weighted by molar-refractivity contribution is 5.62. The molecule has 0 spiro atoms. The summed E-state index contributed by atoms with van der Waals surface area (Å²) in [6.45, 7) is 4.42. The van der Waals surface area contributed by atoms with E-state index in [4.69, 9.17) is 0 Å². The molecule has 0 aliphatic carbocycles. The lowest BCUT2D eigenvalue weighted by Gasteiger charge is -2.06. The zero-order valence-electron chi connectivity index (χ0n) is 9.20. The van der Waals surface area contributed by atoms with Gasteiger partial charge in [0, 0.05) is 0 Å². The Kier molecular flexibility index (Phi) is 2.86. The van der Waals surface area contributed by atoms with Crippen LogP contribution >= 0.6 is 0 Å². The lowest BCUT2D eigenvalue weighted by atomic mass is 9.99. The molecule has 0 heteroatoms. The molecule has 0 unspecified atom stereocenters. The fraction of sp³-hybridized carbons (Fsp3) is 0.200. The Labute approximate surface area is 91.6 Å². The number of hydrogen-bond acceptors (Lipinski definition) is 0. The van der Waals surface area contributed by atoms with E-state index < -0.39 is 0 Å². The van der Waals surface area contributed by atoms with Gasteiger partial charge in [-0.3, -0.25) is 0 Å². The lowest BCUT2D eigenvalue weighted by Crippen LogP contribution is -1.86. The molecule has 0 saturated carbocycles. The Morgan fingerprint density at radius 1 is 0.933 bits per heavy atom. The van der Waals surface area contributed by atoms with Gasteiger partial charge in [-0.25, -0.2) is 0 Å². The summed E-state index contributed by atoms with van der Waals surface area (Å²) >= 11 is 0. The highest BCUT2D eigenvalue weighted by Gasteiger charge is 2.00. The molecule has 0 bridgehead atoms. The molecule has 0 heterocycles. The van der Waals surface area contributed by atoms with Gasteiger partial charge in [0.05, 0.1) is 0 Å². The SMILES string of the molecule is CC(C)c1ccc(-c2[c]cccc2)cc1. The van der Waals surface area contributed by atoms with Crippen LogP contribution in [0.25, 0.3) is 11.1 Å². The van der Waals surface area contributed by atoms with Gasteiger partial charge in [-0.05, 0) is 28.7 Å². The monoisotopic (exact) mass is 195 g/mol. The lowest BCUT2D eigenvalue weighted by molar-refractivity contribution is 0.867. The van der Waals surface area contributed by atoms with Gasteiger partial charge >= 0.3 is 0 Å². The van der Waals surface area contributed by atoms with E-state index in [1.807, 2.05) is 18.2 Å². The van der Waals surface area contributed by atoms with E-state index in [1.54, 1.807) is 0 Å². The van der Waals surface area contributed by atoms with Gasteiger partial charge in [-0.2, -0.15) is 0 Å². The van der Waals surface area contributed by atoms with E-state index in [1.165, 1.54) is 11.1 Å². The smallest absolute Gasteiger partial charge is 0.00992 e. The first kappa shape index (κ1) is 9.97.